The van der Waals surface area contributed by atoms with Gasteiger partial charge in [-0.1, -0.05) is 28.4 Å². The molecular weight excluding hydrogens is 325 g/mol. The summed E-state index contributed by atoms with van der Waals surface area (Å²) in [5, 5.41) is 3.32. The molecule has 0 bridgehead atoms. The predicted octanol–water partition coefficient (Wildman–Crippen LogP) is 2.92. The molecule has 0 spiro atoms. The van der Waals surface area contributed by atoms with Gasteiger partial charge in [0, 0.05) is 11.8 Å². The molecular formula is C12H9Cl2NO4S. The van der Waals surface area contributed by atoms with Crippen molar-refractivity contribution < 1.29 is 17.7 Å². The van der Waals surface area contributed by atoms with Crippen LogP contribution in [0.25, 0.3) is 0 Å². The first-order valence-electron chi connectivity index (χ1n) is 5.37. The lowest BCUT2D eigenvalue weighted by molar-refractivity contribution is 0.103. The third-order valence-electron chi connectivity index (χ3n) is 2.69. The number of benzene rings is 1. The molecule has 0 aliphatic rings. The first-order chi connectivity index (χ1) is 9.23. The van der Waals surface area contributed by atoms with Gasteiger partial charge in [-0.2, -0.15) is 0 Å². The maximum Gasteiger partial charge on any atom is 0.199 e. The Morgan fingerprint density at radius 1 is 1.20 bits per heavy atom. The van der Waals surface area contributed by atoms with Crippen LogP contribution >= 0.6 is 23.2 Å². The lowest BCUT2D eigenvalue weighted by atomic mass is 10.0. The lowest BCUT2D eigenvalue weighted by Gasteiger charge is -2.08. The standard InChI is InChI=1S/C12H9Cl2NO4S/c1-6-8(5-19-15-6)12(16)7-3-4-9(20(2,17)18)11(14)10(7)13/h3-5H,1-2H3. The van der Waals surface area contributed by atoms with E-state index in [4.69, 9.17) is 27.7 Å². The summed E-state index contributed by atoms with van der Waals surface area (Å²) in [5.41, 5.74) is 0.750. The van der Waals surface area contributed by atoms with Crippen molar-refractivity contribution in [3.63, 3.8) is 0 Å². The van der Waals surface area contributed by atoms with Gasteiger partial charge in [0.2, 0.25) is 0 Å². The van der Waals surface area contributed by atoms with Gasteiger partial charge in [-0.3, -0.25) is 4.79 Å². The highest BCUT2D eigenvalue weighted by molar-refractivity contribution is 7.90. The Bertz CT molecular complexity index is 796. The van der Waals surface area contributed by atoms with E-state index in [1.54, 1.807) is 6.92 Å². The fourth-order valence-electron chi connectivity index (χ4n) is 1.65. The molecule has 0 saturated carbocycles. The number of rotatable bonds is 3. The molecule has 0 fully saturated rings. The van der Waals surface area contributed by atoms with Crippen molar-refractivity contribution in [2.24, 2.45) is 0 Å². The normalized spacial score (nSPS) is 11.6. The van der Waals surface area contributed by atoms with Gasteiger partial charge in [0.1, 0.15) is 6.26 Å². The smallest absolute Gasteiger partial charge is 0.199 e. The highest BCUT2D eigenvalue weighted by atomic mass is 35.5. The quantitative estimate of drug-likeness (QED) is 0.807. The van der Waals surface area contributed by atoms with E-state index >= 15 is 0 Å². The zero-order valence-electron chi connectivity index (χ0n) is 10.5. The molecule has 1 aromatic carbocycles. The Kier molecular flexibility index (Phi) is 3.90. The van der Waals surface area contributed by atoms with Crippen LogP contribution in [-0.4, -0.2) is 25.6 Å². The minimum Gasteiger partial charge on any atom is -0.364 e. The summed E-state index contributed by atoms with van der Waals surface area (Å²) in [4.78, 5) is 12.1. The van der Waals surface area contributed by atoms with E-state index in [-0.39, 0.29) is 26.1 Å². The second kappa shape index (κ2) is 5.20. The molecule has 1 aromatic heterocycles. The first kappa shape index (κ1) is 15.0. The van der Waals surface area contributed by atoms with Crippen LogP contribution in [0.15, 0.2) is 27.8 Å². The fraction of sp³-hybridized carbons (Fsp3) is 0.167. The van der Waals surface area contributed by atoms with E-state index in [1.165, 1.54) is 18.4 Å². The Labute approximate surface area is 125 Å². The molecule has 8 heteroatoms. The van der Waals surface area contributed by atoms with Crippen LogP contribution in [0, 0.1) is 6.92 Å². The van der Waals surface area contributed by atoms with Crippen molar-refractivity contribution in [3.8, 4) is 0 Å². The summed E-state index contributed by atoms with van der Waals surface area (Å²) >= 11 is 11.9. The second-order valence-corrected chi connectivity index (χ2v) is 6.89. The van der Waals surface area contributed by atoms with E-state index in [9.17, 15) is 13.2 Å². The number of carbonyl (C=O) groups excluding carboxylic acids is 1. The van der Waals surface area contributed by atoms with E-state index in [2.05, 4.69) is 5.16 Å². The molecule has 2 aromatic rings. The van der Waals surface area contributed by atoms with E-state index in [1.807, 2.05) is 0 Å². The summed E-state index contributed by atoms with van der Waals surface area (Å²) in [5.74, 6) is -0.435. The summed E-state index contributed by atoms with van der Waals surface area (Å²) in [7, 11) is -3.52. The molecule has 1 heterocycles. The first-order valence-corrected chi connectivity index (χ1v) is 8.02. The number of halogens is 2. The van der Waals surface area contributed by atoms with Gasteiger partial charge in [-0.15, -0.1) is 0 Å². The zero-order chi connectivity index (χ0) is 15.1. The molecule has 0 aliphatic carbocycles. The maximum atomic E-state index is 12.3. The molecule has 0 aliphatic heterocycles. The van der Waals surface area contributed by atoms with E-state index in [0.717, 1.165) is 6.26 Å². The van der Waals surface area contributed by atoms with Crippen LogP contribution in [0.4, 0.5) is 0 Å². The number of carbonyl (C=O) groups is 1. The topological polar surface area (TPSA) is 77.2 Å². The number of ketones is 1. The largest absolute Gasteiger partial charge is 0.364 e. The summed E-state index contributed by atoms with van der Waals surface area (Å²) in [6, 6.07) is 2.57. The number of nitrogens with zero attached hydrogens (tertiary/aromatic N) is 1. The summed E-state index contributed by atoms with van der Waals surface area (Å²) < 4.78 is 27.7. The average Bonchev–Trinajstić information content (AvgIpc) is 2.76. The summed E-state index contributed by atoms with van der Waals surface area (Å²) in [6.07, 6.45) is 2.21. The summed E-state index contributed by atoms with van der Waals surface area (Å²) in [6.45, 7) is 1.61. The minimum absolute atomic E-state index is 0.0929. The number of aromatic nitrogens is 1. The Morgan fingerprint density at radius 2 is 1.85 bits per heavy atom. The molecule has 5 nitrogen and oxygen atoms in total. The van der Waals surface area contributed by atoms with Crippen molar-refractivity contribution in [3.05, 3.63) is 45.3 Å². The highest BCUT2D eigenvalue weighted by Crippen LogP contribution is 2.33. The predicted molar refractivity (Wildman–Crippen MR) is 74.2 cm³/mol. The molecule has 0 unspecified atom stereocenters. The maximum absolute atomic E-state index is 12.3. The number of aryl methyl sites for hydroxylation is 1. The molecule has 0 amide bonds. The third kappa shape index (κ3) is 2.59. The number of hydrogen-bond acceptors (Lipinski definition) is 5. The Hall–Kier alpha value is -1.37. The van der Waals surface area contributed by atoms with E-state index < -0.39 is 15.6 Å². The van der Waals surface area contributed by atoms with Crippen LogP contribution in [0.5, 0.6) is 0 Å². The van der Waals surface area contributed by atoms with Crippen molar-refractivity contribution in [1.29, 1.82) is 0 Å². The molecule has 0 saturated heterocycles. The van der Waals surface area contributed by atoms with Crippen molar-refractivity contribution in [2.45, 2.75) is 11.8 Å². The van der Waals surface area contributed by atoms with Crippen molar-refractivity contribution in [2.75, 3.05) is 6.26 Å². The molecule has 20 heavy (non-hydrogen) atoms. The van der Waals surface area contributed by atoms with Crippen LogP contribution in [0.2, 0.25) is 10.0 Å². The molecule has 2 rings (SSSR count). The lowest BCUT2D eigenvalue weighted by Crippen LogP contribution is -2.06. The second-order valence-electron chi connectivity index (χ2n) is 4.15. The molecule has 0 radical (unpaired) electrons. The van der Waals surface area contributed by atoms with Crippen LogP contribution in [-0.2, 0) is 9.84 Å². The molecule has 0 N–H and O–H groups in total. The van der Waals surface area contributed by atoms with Crippen LogP contribution < -0.4 is 0 Å². The van der Waals surface area contributed by atoms with Crippen molar-refractivity contribution >= 4 is 38.8 Å². The van der Waals surface area contributed by atoms with Gasteiger partial charge >= 0.3 is 0 Å². The van der Waals surface area contributed by atoms with Crippen molar-refractivity contribution in [1.82, 2.24) is 5.16 Å². The molecule has 0 atom stereocenters. The third-order valence-corrected chi connectivity index (χ3v) is 4.82. The molecule has 106 valence electrons. The highest BCUT2D eigenvalue weighted by Gasteiger charge is 2.23. The van der Waals surface area contributed by atoms with Crippen LogP contribution in [0.3, 0.4) is 0 Å². The monoisotopic (exact) mass is 333 g/mol. The minimum atomic E-state index is -3.52. The van der Waals surface area contributed by atoms with Gasteiger partial charge < -0.3 is 4.52 Å². The average molecular weight is 334 g/mol. The Balaban J connectivity index is 2.59. The fourth-order valence-corrected chi connectivity index (χ4v) is 3.28. The SMILES string of the molecule is Cc1nocc1C(=O)c1ccc(S(C)(=O)=O)c(Cl)c1Cl. The number of sulfone groups is 1. The Morgan fingerprint density at radius 3 is 2.35 bits per heavy atom. The van der Waals surface area contributed by atoms with Gasteiger partial charge in [0.25, 0.3) is 0 Å². The van der Waals surface area contributed by atoms with Gasteiger partial charge in [-0.05, 0) is 19.1 Å². The van der Waals surface area contributed by atoms with Gasteiger partial charge in [-0.25, -0.2) is 8.42 Å². The van der Waals surface area contributed by atoms with Crippen LogP contribution in [0.1, 0.15) is 21.6 Å². The van der Waals surface area contributed by atoms with Gasteiger partial charge in [0.15, 0.2) is 15.6 Å². The zero-order valence-corrected chi connectivity index (χ0v) is 12.8. The van der Waals surface area contributed by atoms with Gasteiger partial charge in [0.05, 0.1) is 26.2 Å². The number of hydrogen-bond donors (Lipinski definition) is 0. The van der Waals surface area contributed by atoms with E-state index in [0.29, 0.717) is 5.69 Å².